The van der Waals surface area contributed by atoms with E-state index in [0.717, 1.165) is 23.1 Å². The number of rotatable bonds is 2. The molecule has 0 saturated carbocycles. The molecule has 2 aromatic carbocycles. The lowest BCUT2D eigenvalue weighted by molar-refractivity contribution is 0.0828. The van der Waals surface area contributed by atoms with Crippen molar-refractivity contribution in [2.24, 2.45) is 0 Å². The maximum Gasteiger partial charge on any atom is 0.165 e. The standard InChI is InChI=1S/C19H21NO5/c1-20-8-14(22)11-6-13(21)19(23)18-10-7-16(25-3)15(24-2)5-9(10)4-12(20)17(11)18/h5-7,12,14,21-23H,4,8H2,1-3H3/t12-,14-/m0/s1. The summed E-state index contributed by atoms with van der Waals surface area (Å²) in [6.07, 6.45) is 0.0199. The summed E-state index contributed by atoms with van der Waals surface area (Å²) in [7, 11) is 5.10. The number of benzene rings is 2. The molecule has 0 unspecified atom stereocenters. The second kappa shape index (κ2) is 5.54. The van der Waals surface area contributed by atoms with E-state index in [2.05, 4.69) is 4.90 Å². The number of methoxy groups -OCH3 is 2. The molecule has 4 rings (SSSR count). The van der Waals surface area contributed by atoms with Gasteiger partial charge in [0.05, 0.1) is 20.3 Å². The average Bonchev–Trinajstić information content (AvgIpc) is 2.60. The van der Waals surface area contributed by atoms with Gasteiger partial charge >= 0.3 is 0 Å². The summed E-state index contributed by atoms with van der Waals surface area (Å²) in [5.41, 5.74) is 3.91. The van der Waals surface area contributed by atoms with E-state index in [1.54, 1.807) is 14.2 Å². The maximum atomic E-state index is 10.6. The van der Waals surface area contributed by atoms with E-state index < -0.39 is 6.10 Å². The van der Waals surface area contributed by atoms with Crippen LogP contribution in [0.3, 0.4) is 0 Å². The van der Waals surface area contributed by atoms with Crippen LogP contribution in [-0.4, -0.2) is 48.0 Å². The Kier molecular flexibility index (Phi) is 3.56. The van der Waals surface area contributed by atoms with Crippen LogP contribution in [0.1, 0.15) is 28.8 Å². The summed E-state index contributed by atoms with van der Waals surface area (Å²) in [6.45, 7) is 0.476. The Hall–Kier alpha value is -2.44. The zero-order valence-corrected chi connectivity index (χ0v) is 14.4. The molecular formula is C19H21NO5. The number of phenolic OH excluding ortho intramolecular Hbond substituents is 2. The number of phenols is 2. The van der Waals surface area contributed by atoms with Gasteiger partial charge in [0.25, 0.3) is 0 Å². The molecule has 2 atom stereocenters. The van der Waals surface area contributed by atoms with Gasteiger partial charge in [-0.2, -0.15) is 0 Å². The molecule has 25 heavy (non-hydrogen) atoms. The fraction of sp³-hybridized carbons (Fsp3) is 0.368. The lowest BCUT2D eigenvalue weighted by Crippen LogP contribution is -2.38. The molecule has 1 aliphatic carbocycles. The van der Waals surface area contributed by atoms with Gasteiger partial charge in [0.15, 0.2) is 23.0 Å². The number of β-amino-alcohol motifs (C(OH)–C–C–N with tert-alkyl or cyclic N) is 1. The van der Waals surface area contributed by atoms with Gasteiger partial charge < -0.3 is 24.8 Å². The number of fused-ring (bicyclic) bond motifs is 2. The minimum atomic E-state index is -0.705. The highest BCUT2D eigenvalue weighted by molar-refractivity contribution is 5.84. The molecule has 1 heterocycles. The summed E-state index contributed by atoms with van der Waals surface area (Å²) in [4.78, 5) is 2.08. The van der Waals surface area contributed by atoms with Crippen molar-refractivity contribution in [2.75, 3.05) is 27.8 Å². The van der Waals surface area contributed by atoms with Crippen LogP contribution in [0.25, 0.3) is 11.1 Å². The third-order valence-corrected chi connectivity index (χ3v) is 5.33. The van der Waals surface area contributed by atoms with Gasteiger partial charge in [0.1, 0.15) is 0 Å². The zero-order chi connectivity index (χ0) is 17.9. The van der Waals surface area contributed by atoms with Crippen LogP contribution in [-0.2, 0) is 6.42 Å². The van der Waals surface area contributed by atoms with Crippen molar-refractivity contribution >= 4 is 0 Å². The highest BCUT2D eigenvalue weighted by Gasteiger charge is 2.39. The molecule has 0 saturated heterocycles. The molecule has 0 aromatic heterocycles. The zero-order valence-electron chi connectivity index (χ0n) is 14.4. The Balaban J connectivity index is 2.06. The number of likely N-dealkylation sites (N-methyl/N-ethyl adjacent to an activating group) is 1. The number of aromatic hydroxyl groups is 2. The largest absolute Gasteiger partial charge is 0.504 e. The summed E-state index contributed by atoms with van der Waals surface area (Å²) < 4.78 is 10.8. The molecule has 0 spiro atoms. The van der Waals surface area contributed by atoms with Crippen molar-refractivity contribution in [3.05, 3.63) is 34.9 Å². The smallest absolute Gasteiger partial charge is 0.165 e. The molecule has 0 bridgehead atoms. The summed E-state index contributed by atoms with van der Waals surface area (Å²) in [6, 6.07) is 5.23. The van der Waals surface area contributed by atoms with Crippen LogP contribution < -0.4 is 9.47 Å². The molecule has 6 nitrogen and oxygen atoms in total. The van der Waals surface area contributed by atoms with E-state index in [-0.39, 0.29) is 17.5 Å². The Morgan fingerprint density at radius 3 is 2.44 bits per heavy atom. The summed E-state index contributed by atoms with van der Waals surface area (Å²) in [5, 5.41) is 31.3. The monoisotopic (exact) mass is 343 g/mol. The first-order chi connectivity index (χ1) is 12.0. The predicted octanol–water partition coefficient (Wildman–Crippen LogP) is 2.36. The Labute approximate surface area is 145 Å². The molecule has 6 heteroatoms. The average molecular weight is 343 g/mol. The number of hydrogen-bond acceptors (Lipinski definition) is 6. The van der Waals surface area contributed by atoms with Crippen LogP contribution >= 0.6 is 0 Å². The number of aliphatic hydroxyl groups is 1. The van der Waals surface area contributed by atoms with E-state index in [1.807, 2.05) is 19.2 Å². The van der Waals surface area contributed by atoms with E-state index in [4.69, 9.17) is 9.47 Å². The first kappa shape index (κ1) is 16.1. The van der Waals surface area contributed by atoms with E-state index >= 15 is 0 Å². The van der Waals surface area contributed by atoms with Crippen molar-refractivity contribution < 1.29 is 24.8 Å². The third kappa shape index (κ3) is 2.18. The number of ether oxygens (including phenoxy) is 2. The lowest BCUT2D eigenvalue weighted by atomic mass is 9.76. The molecule has 0 radical (unpaired) electrons. The quantitative estimate of drug-likeness (QED) is 0.726. The summed E-state index contributed by atoms with van der Waals surface area (Å²) in [5.74, 6) is 0.794. The first-order valence-corrected chi connectivity index (χ1v) is 8.18. The minimum Gasteiger partial charge on any atom is -0.504 e. The number of aliphatic hydroxyl groups excluding tert-OH is 1. The SMILES string of the molecule is COc1cc2c(cc1OC)-c1c(O)c(O)cc3c1[C@H](C2)N(C)C[C@@H]3O. The Bertz CT molecular complexity index is 864. The van der Waals surface area contributed by atoms with E-state index in [0.29, 0.717) is 29.2 Å². The molecule has 0 fully saturated rings. The number of nitrogens with zero attached hydrogens (tertiary/aromatic N) is 1. The van der Waals surface area contributed by atoms with Crippen LogP contribution in [0.15, 0.2) is 18.2 Å². The van der Waals surface area contributed by atoms with Crippen molar-refractivity contribution in [2.45, 2.75) is 18.6 Å². The normalized spacial score (nSPS) is 21.4. The van der Waals surface area contributed by atoms with Crippen molar-refractivity contribution in [3.63, 3.8) is 0 Å². The van der Waals surface area contributed by atoms with Crippen molar-refractivity contribution in [1.29, 1.82) is 0 Å². The fourth-order valence-electron chi connectivity index (χ4n) is 4.11. The molecular weight excluding hydrogens is 322 g/mol. The minimum absolute atomic E-state index is 0.0190. The van der Waals surface area contributed by atoms with Crippen molar-refractivity contribution in [3.8, 4) is 34.1 Å². The summed E-state index contributed by atoms with van der Waals surface area (Å²) >= 11 is 0. The van der Waals surface area contributed by atoms with Gasteiger partial charge in [-0.05, 0) is 53.9 Å². The van der Waals surface area contributed by atoms with E-state index in [9.17, 15) is 15.3 Å². The van der Waals surface area contributed by atoms with Gasteiger partial charge in [-0.1, -0.05) is 0 Å². The molecule has 2 aliphatic rings. The second-order valence-electron chi connectivity index (χ2n) is 6.66. The van der Waals surface area contributed by atoms with E-state index in [1.165, 1.54) is 6.07 Å². The van der Waals surface area contributed by atoms with Gasteiger partial charge in [-0.25, -0.2) is 0 Å². The fourth-order valence-corrected chi connectivity index (χ4v) is 4.11. The third-order valence-electron chi connectivity index (χ3n) is 5.33. The van der Waals surface area contributed by atoms with Crippen LogP contribution in [0, 0.1) is 0 Å². The first-order valence-electron chi connectivity index (χ1n) is 8.18. The topological polar surface area (TPSA) is 82.4 Å². The lowest BCUT2D eigenvalue weighted by Gasteiger charge is -2.42. The van der Waals surface area contributed by atoms with Gasteiger partial charge in [0.2, 0.25) is 0 Å². The molecule has 1 aliphatic heterocycles. The molecule has 0 amide bonds. The molecule has 2 aromatic rings. The predicted molar refractivity (Wildman–Crippen MR) is 92.3 cm³/mol. The van der Waals surface area contributed by atoms with Gasteiger partial charge in [-0.3, -0.25) is 4.90 Å². The number of hydrogen-bond donors (Lipinski definition) is 3. The molecule has 132 valence electrons. The maximum absolute atomic E-state index is 10.6. The van der Waals surface area contributed by atoms with Crippen LogP contribution in [0.2, 0.25) is 0 Å². The second-order valence-corrected chi connectivity index (χ2v) is 6.66. The Morgan fingerprint density at radius 1 is 1.08 bits per heavy atom. The van der Waals surface area contributed by atoms with Gasteiger partial charge in [-0.15, -0.1) is 0 Å². The molecule has 3 N–H and O–H groups in total. The van der Waals surface area contributed by atoms with Crippen LogP contribution in [0.5, 0.6) is 23.0 Å². The van der Waals surface area contributed by atoms with Crippen LogP contribution in [0.4, 0.5) is 0 Å². The Morgan fingerprint density at radius 2 is 1.76 bits per heavy atom. The highest BCUT2D eigenvalue weighted by Crippen LogP contribution is 2.54. The van der Waals surface area contributed by atoms with Crippen molar-refractivity contribution in [1.82, 2.24) is 4.90 Å². The van der Waals surface area contributed by atoms with Gasteiger partial charge in [0, 0.05) is 18.2 Å². The highest BCUT2D eigenvalue weighted by atomic mass is 16.5.